The van der Waals surface area contributed by atoms with Crippen LogP contribution in [0.5, 0.6) is 0 Å². The molecule has 0 aliphatic heterocycles. The summed E-state index contributed by atoms with van der Waals surface area (Å²) in [5.74, 6) is 0. The molecule has 2 aromatic rings. The van der Waals surface area contributed by atoms with Crippen LogP contribution < -0.4 is 5.73 Å². The molecule has 2 N–H and O–H groups in total. The minimum atomic E-state index is 0.552. The van der Waals surface area contributed by atoms with Crippen LogP contribution in [0.1, 0.15) is 5.56 Å². The van der Waals surface area contributed by atoms with Crippen LogP contribution in [0.15, 0.2) is 35.1 Å². The Morgan fingerprint density at radius 2 is 2.38 bits per heavy atom. The Hall–Kier alpha value is -1.61. The highest BCUT2D eigenvalue weighted by Gasteiger charge is 1.96. The predicted octanol–water partition coefficient (Wildman–Crippen LogP) is 1.80. The van der Waals surface area contributed by atoms with E-state index in [4.69, 9.17) is 10.2 Å². The smallest absolute Gasteiger partial charge is 0.181 e. The fraction of sp³-hybridized carbons (Fsp3) is 0.100. The number of fused-ring (bicyclic) bond motifs is 1. The number of hydrogen-bond acceptors (Lipinski definition) is 3. The summed E-state index contributed by atoms with van der Waals surface area (Å²) in [5, 5.41) is 0. The Kier molecular flexibility index (Phi) is 2.10. The van der Waals surface area contributed by atoms with Crippen molar-refractivity contribution in [2.75, 3.05) is 6.54 Å². The molecule has 0 aliphatic rings. The van der Waals surface area contributed by atoms with Gasteiger partial charge in [0.1, 0.15) is 5.52 Å². The zero-order valence-electron chi connectivity index (χ0n) is 7.10. The van der Waals surface area contributed by atoms with Gasteiger partial charge >= 0.3 is 0 Å². The van der Waals surface area contributed by atoms with Gasteiger partial charge in [0.25, 0.3) is 0 Å². The highest BCUT2D eigenvalue weighted by molar-refractivity contribution is 5.75. The van der Waals surface area contributed by atoms with Crippen LogP contribution in [0.4, 0.5) is 0 Å². The first-order valence-electron chi connectivity index (χ1n) is 4.10. The number of aromatic nitrogens is 1. The number of benzene rings is 1. The third-order valence-electron chi connectivity index (χ3n) is 1.80. The largest absolute Gasteiger partial charge is 0.443 e. The maximum atomic E-state index is 5.35. The van der Waals surface area contributed by atoms with Gasteiger partial charge in [-0.1, -0.05) is 18.2 Å². The Bertz CT molecular complexity index is 431. The fourth-order valence-electron chi connectivity index (χ4n) is 1.18. The van der Waals surface area contributed by atoms with Crippen LogP contribution in [-0.2, 0) is 0 Å². The fourth-order valence-corrected chi connectivity index (χ4v) is 1.18. The van der Waals surface area contributed by atoms with Crippen molar-refractivity contribution in [1.82, 2.24) is 4.98 Å². The van der Waals surface area contributed by atoms with E-state index < -0.39 is 0 Å². The molecule has 0 saturated carbocycles. The van der Waals surface area contributed by atoms with Gasteiger partial charge in [0.15, 0.2) is 12.0 Å². The molecule has 1 aromatic carbocycles. The Labute approximate surface area is 75.9 Å². The number of rotatable bonds is 2. The van der Waals surface area contributed by atoms with E-state index in [0.717, 1.165) is 16.7 Å². The van der Waals surface area contributed by atoms with E-state index in [1.807, 2.05) is 30.4 Å². The molecule has 1 aromatic heterocycles. The Morgan fingerprint density at radius 3 is 3.23 bits per heavy atom. The average Bonchev–Trinajstić information content (AvgIpc) is 2.61. The summed E-state index contributed by atoms with van der Waals surface area (Å²) in [6, 6.07) is 5.84. The van der Waals surface area contributed by atoms with Crippen molar-refractivity contribution >= 4 is 17.2 Å². The molecular weight excluding hydrogens is 164 g/mol. The van der Waals surface area contributed by atoms with E-state index in [0.29, 0.717) is 6.54 Å². The summed E-state index contributed by atoms with van der Waals surface area (Å²) in [7, 11) is 0. The van der Waals surface area contributed by atoms with Crippen molar-refractivity contribution < 1.29 is 4.42 Å². The van der Waals surface area contributed by atoms with Crippen molar-refractivity contribution in [2.24, 2.45) is 5.73 Å². The zero-order valence-corrected chi connectivity index (χ0v) is 7.10. The lowest BCUT2D eigenvalue weighted by atomic mass is 10.2. The van der Waals surface area contributed by atoms with Gasteiger partial charge in [-0.3, -0.25) is 0 Å². The lowest BCUT2D eigenvalue weighted by Crippen LogP contribution is -1.91. The minimum absolute atomic E-state index is 0.552. The van der Waals surface area contributed by atoms with E-state index in [9.17, 15) is 0 Å². The first-order valence-corrected chi connectivity index (χ1v) is 4.10. The lowest BCUT2D eigenvalue weighted by molar-refractivity contribution is 0.602. The van der Waals surface area contributed by atoms with E-state index in [1.165, 1.54) is 6.39 Å². The molecule has 13 heavy (non-hydrogen) atoms. The highest BCUT2D eigenvalue weighted by atomic mass is 16.3. The number of nitrogens with two attached hydrogens (primary N) is 1. The van der Waals surface area contributed by atoms with Gasteiger partial charge in [0.05, 0.1) is 0 Å². The predicted molar refractivity (Wildman–Crippen MR) is 52.1 cm³/mol. The summed E-state index contributed by atoms with van der Waals surface area (Å²) in [4.78, 5) is 4.06. The second-order valence-electron chi connectivity index (χ2n) is 2.72. The summed E-state index contributed by atoms with van der Waals surface area (Å²) in [5.41, 5.74) is 8.12. The molecule has 1 heterocycles. The molecule has 0 amide bonds. The first kappa shape index (κ1) is 8.01. The molecule has 0 radical (unpaired) electrons. The first-order chi connectivity index (χ1) is 6.40. The van der Waals surface area contributed by atoms with Crippen LogP contribution in [0.2, 0.25) is 0 Å². The normalized spacial score (nSPS) is 11.5. The standard InChI is InChI=1S/C10H10N2O/c11-5-1-2-8-3-4-10-9(6-8)12-7-13-10/h1-4,6-7H,5,11H2. The molecule has 0 unspecified atom stereocenters. The highest BCUT2D eigenvalue weighted by Crippen LogP contribution is 2.14. The summed E-state index contributed by atoms with van der Waals surface area (Å²) < 4.78 is 5.12. The van der Waals surface area contributed by atoms with Gasteiger partial charge < -0.3 is 10.2 Å². The molecule has 3 nitrogen and oxygen atoms in total. The zero-order chi connectivity index (χ0) is 9.10. The maximum Gasteiger partial charge on any atom is 0.181 e. The van der Waals surface area contributed by atoms with Crippen LogP contribution in [0, 0.1) is 0 Å². The third kappa shape index (κ3) is 1.60. The van der Waals surface area contributed by atoms with Crippen LogP contribution in [0.3, 0.4) is 0 Å². The van der Waals surface area contributed by atoms with Crippen LogP contribution in [-0.4, -0.2) is 11.5 Å². The van der Waals surface area contributed by atoms with E-state index >= 15 is 0 Å². The molecule has 0 saturated heterocycles. The molecule has 0 spiro atoms. The second-order valence-corrected chi connectivity index (χ2v) is 2.72. The van der Waals surface area contributed by atoms with Gasteiger partial charge in [-0.25, -0.2) is 4.98 Å². The number of oxazole rings is 1. The van der Waals surface area contributed by atoms with Gasteiger partial charge in [-0.15, -0.1) is 0 Å². The quantitative estimate of drug-likeness (QED) is 0.755. The van der Waals surface area contributed by atoms with Crippen molar-refractivity contribution in [3.05, 3.63) is 36.2 Å². The lowest BCUT2D eigenvalue weighted by Gasteiger charge is -1.91. The summed E-state index contributed by atoms with van der Waals surface area (Å²) in [6.07, 6.45) is 5.32. The van der Waals surface area contributed by atoms with Crippen LogP contribution in [0.25, 0.3) is 17.2 Å². The SMILES string of the molecule is NCC=Cc1ccc2ocnc2c1. The summed E-state index contributed by atoms with van der Waals surface area (Å²) >= 11 is 0. The van der Waals surface area contributed by atoms with Gasteiger partial charge in [0, 0.05) is 6.54 Å². The van der Waals surface area contributed by atoms with Crippen molar-refractivity contribution in [1.29, 1.82) is 0 Å². The maximum absolute atomic E-state index is 5.35. The molecule has 0 atom stereocenters. The van der Waals surface area contributed by atoms with Crippen molar-refractivity contribution in [3.63, 3.8) is 0 Å². The van der Waals surface area contributed by atoms with E-state index in [2.05, 4.69) is 4.98 Å². The summed E-state index contributed by atoms with van der Waals surface area (Å²) in [6.45, 7) is 0.552. The molecule has 2 rings (SSSR count). The molecule has 3 heteroatoms. The third-order valence-corrected chi connectivity index (χ3v) is 1.80. The second kappa shape index (κ2) is 3.41. The van der Waals surface area contributed by atoms with Crippen molar-refractivity contribution in [3.8, 4) is 0 Å². The molecule has 0 aliphatic carbocycles. The van der Waals surface area contributed by atoms with Gasteiger partial charge in [0.2, 0.25) is 0 Å². The van der Waals surface area contributed by atoms with Crippen molar-refractivity contribution in [2.45, 2.75) is 0 Å². The van der Waals surface area contributed by atoms with E-state index in [-0.39, 0.29) is 0 Å². The number of nitrogens with zero attached hydrogens (tertiary/aromatic N) is 1. The molecule has 66 valence electrons. The minimum Gasteiger partial charge on any atom is -0.443 e. The molecule has 0 bridgehead atoms. The van der Waals surface area contributed by atoms with E-state index in [1.54, 1.807) is 0 Å². The Balaban J connectivity index is 2.42. The average molecular weight is 174 g/mol. The monoisotopic (exact) mass is 174 g/mol. The molecular formula is C10H10N2O. The number of hydrogen-bond donors (Lipinski definition) is 1. The van der Waals surface area contributed by atoms with Gasteiger partial charge in [-0.2, -0.15) is 0 Å². The van der Waals surface area contributed by atoms with Crippen LogP contribution >= 0.6 is 0 Å². The Morgan fingerprint density at radius 1 is 1.46 bits per heavy atom. The topological polar surface area (TPSA) is 52.0 Å². The molecule has 0 fully saturated rings. The van der Waals surface area contributed by atoms with Gasteiger partial charge in [-0.05, 0) is 17.7 Å².